The third kappa shape index (κ3) is 3.21. The summed E-state index contributed by atoms with van der Waals surface area (Å²) < 4.78 is 38.6. The molecule has 1 nitrogen and oxygen atoms in total. The molecule has 4 heteroatoms. The highest BCUT2D eigenvalue weighted by molar-refractivity contribution is 5.60. The van der Waals surface area contributed by atoms with E-state index in [-0.39, 0.29) is 11.5 Å². The molecule has 0 radical (unpaired) electrons. The molecular weight excluding hydrogens is 299 g/mol. The summed E-state index contributed by atoms with van der Waals surface area (Å²) in [7, 11) is 0. The zero-order valence-electron chi connectivity index (χ0n) is 13.5. The van der Waals surface area contributed by atoms with Crippen LogP contribution in [0.1, 0.15) is 49.1 Å². The van der Waals surface area contributed by atoms with Gasteiger partial charge in [0.15, 0.2) is 0 Å². The van der Waals surface area contributed by atoms with Crippen LogP contribution in [0.4, 0.5) is 18.9 Å². The molecular formula is C19H20F3N. The number of nitrogens with one attached hydrogen (secondary N) is 1. The van der Waals surface area contributed by atoms with Gasteiger partial charge in [0.05, 0.1) is 11.6 Å². The largest absolute Gasteiger partial charge is 0.416 e. The van der Waals surface area contributed by atoms with E-state index in [0.717, 1.165) is 11.8 Å². The fourth-order valence-corrected chi connectivity index (χ4v) is 2.96. The second-order valence-electron chi connectivity index (χ2n) is 7.15. The van der Waals surface area contributed by atoms with Gasteiger partial charge in [0.2, 0.25) is 0 Å². The zero-order valence-corrected chi connectivity index (χ0v) is 13.5. The van der Waals surface area contributed by atoms with Gasteiger partial charge in [0.25, 0.3) is 0 Å². The van der Waals surface area contributed by atoms with E-state index < -0.39 is 11.7 Å². The third-order valence-corrected chi connectivity index (χ3v) is 4.34. The lowest BCUT2D eigenvalue weighted by atomic mass is 9.85. The van der Waals surface area contributed by atoms with Crippen LogP contribution in [0.2, 0.25) is 0 Å². The van der Waals surface area contributed by atoms with Gasteiger partial charge in [-0.1, -0.05) is 45.0 Å². The van der Waals surface area contributed by atoms with Crippen LogP contribution >= 0.6 is 0 Å². The lowest BCUT2D eigenvalue weighted by Crippen LogP contribution is -2.11. The van der Waals surface area contributed by atoms with Crippen LogP contribution < -0.4 is 5.32 Å². The van der Waals surface area contributed by atoms with Crippen LogP contribution in [-0.2, 0) is 18.0 Å². The van der Waals surface area contributed by atoms with Crippen molar-refractivity contribution in [1.82, 2.24) is 0 Å². The van der Waals surface area contributed by atoms with Crippen molar-refractivity contribution in [2.24, 2.45) is 0 Å². The minimum absolute atomic E-state index is 0.0588. The summed E-state index contributed by atoms with van der Waals surface area (Å²) in [6, 6.07) is 11.8. The molecule has 1 atom stereocenters. The van der Waals surface area contributed by atoms with Crippen LogP contribution in [0, 0.1) is 0 Å². The Bertz CT molecular complexity index is 726. The zero-order chi connectivity index (χ0) is 16.8. The molecule has 23 heavy (non-hydrogen) atoms. The molecule has 1 aliphatic heterocycles. The van der Waals surface area contributed by atoms with Crippen molar-refractivity contribution in [3.63, 3.8) is 0 Å². The van der Waals surface area contributed by atoms with E-state index in [1.165, 1.54) is 23.3 Å². The number of rotatable bonds is 1. The van der Waals surface area contributed by atoms with Crippen molar-refractivity contribution in [3.05, 3.63) is 64.7 Å². The topological polar surface area (TPSA) is 12.0 Å². The summed E-state index contributed by atoms with van der Waals surface area (Å²) >= 11 is 0. The first-order chi connectivity index (χ1) is 10.6. The summed E-state index contributed by atoms with van der Waals surface area (Å²) in [5.74, 6) is 0. The molecule has 1 aliphatic rings. The molecule has 0 amide bonds. The van der Waals surface area contributed by atoms with Gasteiger partial charge >= 0.3 is 6.18 Å². The Balaban J connectivity index is 1.88. The number of halogens is 3. The summed E-state index contributed by atoms with van der Waals surface area (Å²) in [4.78, 5) is 0. The maximum atomic E-state index is 12.9. The van der Waals surface area contributed by atoms with E-state index in [9.17, 15) is 13.2 Å². The molecule has 2 aromatic rings. The minimum Gasteiger partial charge on any atom is -0.378 e. The molecule has 0 fully saturated rings. The normalized spacial score (nSPS) is 17.7. The predicted molar refractivity (Wildman–Crippen MR) is 86.7 cm³/mol. The quantitative estimate of drug-likeness (QED) is 0.709. The van der Waals surface area contributed by atoms with Crippen molar-refractivity contribution in [2.75, 3.05) is 5.32 Å². The summed E-state index contributed by atoms with van der Waals surface area (Å²) in [6.45, 7) is 6.46. The van der Waals surface area contributed by atoms with Gasteiger partial charge in [-0.05, 0) is 46.7 Å². The Morgan fingerprint density at radius 1 is 0.957 bits per heavy atom. The maximum absolute atomic E-state index is 12.9. The van der Waals surface area contributed by atoms with E-state index in [1.807, 2.05) is 6.07 Å². The first kappa shape index (κ1) is 15.9. The molecule has 0 aromatic heterocycles. The molecule has 1 N–H and O–H groups in total. The Hall–Kier alpha value is -1.97. The molecule has 2 aromatic carbocycles. The number of anilines is 1. The van der Waals surface area contributed by atoms with Crippen molar-refractivity contribution < 1.29 is 13.2 Å². The third-order valence-electron chi connectivity index (χ3n) is 4.34. The van der Waals surface area contributed by atoms with E-state index >= 15 is 0 Å². The molecule has 0 aliphatic carbocycles. The van der Waals surface area contributed by atoms with Crippen molar-refractivity contribution in [2.45, 2.75) is 44.8 Å². The second-order valence-corrected chi connectivity index (χ2v) is 7.15. The highest BCUT2D eigenvalue weighted by Gasteiger charge is 2.32. The molecule has 0 saturated heterocycles. The molecule has 0 spiro atoms. The number of fused-ring (bicyclic) bond motifs is 1. The standard InChI is InChI=1S/C19H20F3N/c1-18(2,3)14-7-8-16-13(10-14)11-17(23-16)12-5-4-6-15(9-12)19(20,21)22/h4-10,17,23H,11H2,1-3H3. The van der Waals surface area contributed by atoms with Gasteiger partial charge in [-0.3, -0.25) is 0 Å². The number of benzene rings is 2. The molecule has 0 bridgehead atoms. The maximum Gasteiger partial charge on any atom is 0.416 e. The van der Waals surface area contributed by atoms with Gasteiger partial charge in [-0.15, -0.1) is 0 Å². The predicted octanol–water partition coefficient (Wildman–Crippen LogP) is 5.71. The van der Waals surface area contributed by atoms with E-state index in [2.05, 4.69) is 38.2 Å². The molecule has 122 valence electrons. The minimum atomic E-state index is -4.30. The SMILES string of the molecule is CC(C)(C)c1ccc2c(c1)CC(c1cccc(C(F)(F)F)c1)N2. The lowest BCUT2D eigenvalue weighted by Gasteiger charge is -2.19. The van der Waals surface area contributed by atoms with Crippen LogP contribution in [0.5, 0.6) is 0 Å². The molecule has 0 saturated carbocycles. The van der Waals surface area contributed by atoms with Crippen LogP contribution in [0.25, 0.3) is 0 Å². The number of hydrogen-bond donors (Lipinski definition) is 1. The van der Waals surface area contributed by atoms with Gasteiger partial charge in [0, 0.05) is 5.69 Å². The van der Waals surface area contributed by atoms with E-state index in [0.29, 0.717) is 12.0 Å². The van der Waals surface area contributed by atoms with Gasteiger partial charge < -0.3 is 5.32 Å². The fraction of sp³-hybridized carbons (Fsp3) is 0.368. The smallest absolute Gasteiger partial charge is 0.378 e. The van der Waals surface area contributed by atoms with Gasteiger partial charge in [0.1, 0.15) is 0 Å². The summed E-state index contributed by atoms with van der Waals surface area (Å²) in [5.41, 5.74) is 3.56. The average molecular weight is 319 g/mol. The monoisotopic (exact) mass is 319 g/mol. The van der Waals surface area contributed by atoms with E-state index in [4.69, 9.17) is 0 Å². The van der Waals surface area contributed by atoms with Gasteiger partial charge in [-0.25, -0.2) is 0 Å². The van der Waals surface area contributed by atoms with Crippen molar-refractivity contribution in [1.29, 1.82) is 0 Å². The van der Waals surface area contributed by atoms with E-state index in [1.54, 1.807) is 6.07 Å². The lowest BCUT2D eigenvalue weighted by molar-refractivity contribution is -0.137. The first-order valence-corrected chi connectivity index (χ1v) is 7.72. The van der Waals surface area contributed by atoms with Crippen LogP contribution in [0.15, 0.2) is 42.5 Å². The Morgan fingerprint density at radius 3 is 2.35 bits per heavy atom. The molecule has 3 rings (SSSR count). The molecule has 1 unspecified atom stereocenters. The number of alkyl halides is 3. The fourth-order valence-electron chi connectivity index (χ4n) is 2.96. The Labute approximate surface area is 134 Å². The first-order valence-electron chi connectivity index (χ1n) is 7.72. The highest BCUT2D eigenvalue weighted by Crippen LogP contribution is 2.38. The average Bonchev–Trinajstić information content (AvgIpc) is 2.88. The highest BCUT2D eigenvalue weighted by atomic mass is 19.4. The van der Waals surface area contributed by atoms with Crippen molar-refractivity contribution in [3.8, 4) is 0 Å². The summed E-state index contributed by atoms with van der Waals surface area (Å²) in [6.07, 6.45) is -3.60. The Kier molecular flexibility index (Phi) is 3.66. The van der Waals surface area contributed by atoms with Gasteiger partial charge in [-0.2, -0.15) is 13.2 Å². The molecule has 1 heterocycles. The van der Waals surface area contributed by atoms with Crippen LogP contribution in [0.3, 0.4) is 0 Å². The van der Waals surface area contributed by atoms with Crippen LogP contribution in [-0.4, -0.2) is 0 Å². The Morgan fingerprint density at radius 2 is 1.70 bits per heavy atom. The van der Waals surface area contributed by atoms with Crippen molar-refractivity contribution >= 4 is 5.69 Å². The second kappa shape index (κ2) is 5.29. The summed E-state index contributed by atoms with van der Waals surface area (Å²) in [5, 5.41) is 3.34. The number of hydrogen-bond acceptors (Lipinski definition) is 1.